The highest BCUT2D eigenvalue weighted by atomic mass is 32.1. The molecule has 0 aliphatic carbocycles. The van der Waals surface area contributed by atoms with Crippen LogP contribution in [-0.2, 0) is 19.5 Å². The summed E-state index contributed by atoms with van der Waals surface area (Å²) in [5.41, 5.74) is 1.62. The summed E-state index contributed by atoms with van der Waals surface area (Å²) in [5.74, 6) is 2.05. The van der Waals surface area contributed by atoms with Gasteiger partial charge >= 0.3 is 0 Å². The number of hydrogen-bond donors (Lipinski definition) is 1. The number of nitrogens with one attached hydrogen (secondary N) is 1. The van der Waals surface area contributed by atoms with Crippen LogP contribution in [0.25, 0.3) is 10.2 Å². The molecule has 8 heteroatoms. The van der Waals surface area contributed by atoms with Crippen molar-refractivity contribution in [3.63, 3.8) is 0 Å². The second-order valence-electron chi connectivity index (χ2n) is 7.40. The molecule has 3 aromatic rings. The third-order valence-electron chi connectivity index (χ3n) is 5.51. The minimum absolute atomic E-state index is 0.0181. The minimum Gasteiger partial charge on any atom is -0.454 e. The number of aromatic nitrogens is 2. The van der Waals surface area contributed by atoms with Gasteiger partial charge in [-0.2, -0.15) is 0 Å². The Balaban J connectivity index is 1.42. The third-order valence-corrected chi connectivity index (χ3v) is 6.69. The summed E-state index contributed by atoms with van der Waals surface area (Å²) < 4.78 is 12.5. The van der Waals surface area contributed by atoms with Crippen molar-refractivity contribution >= 4 is 27.5 Å². The molecule has 1 N–H and O–H groups in total. The summed E-state index contributed by atoms with van der Waals surface area (Å²) in [6.45, 7) is 3.13. The molecule has 4 heterocycles. The van der Waals surface area contributed by atoms with E-state index in [9.17, 15) is 9.59 Å². The molecule has 7 nitrogen and oxygen atoms in total. The highest BCUT2D eigenvalue weighted by Crippen LogP contribution is 2.32. The molecule has 2 aliphatic heterocycles. The first-order chi connectivity index (χ1) is 14.1. The number of nitrogens with zero attached hydrogens (tertiary/aromatic N) is 2. The average molecular weight is 411 g/mol. The van der Waals surface area contributed by atoms with Crippen LogP contribution in [0.3, 0.4) is 0 Å². The fraction of sp³-hybridized carbons (Fsp3) is 0.381. The van der Waals surface area contributed by atoms with Gasteiger partial charge in [0.15, 0.2) is 11.5 Å². The minimum atomic E-state index is -0.192. The fourth-order valence-electron chi connectivity index (χ4n) is 3.94. The lowest BCUT2D eigenvalue weighted by molar-refractivity contribution is 0.0954. The van der Waals surface area contributed by atoms with E-state index in [1.807, 2.05) is 25.1 Å². The monoisotopic (exact) mass is 411 g/mol. The maximum Gasteiger partial charge on any atom is 0.262 e. The summed E-state index contributed by atoms with van der Waals surface area (Å²) >= 11 is 1.30. The van der Waals surface area contributed by atoms with Crippen LogP contribution < -0.4 is 20.3 Å². The van der Waals surface area contributed by atoms with Gasteiger partial charge in [0.25, 0.3) is 11.5 Å². The van der Waals surface area contributed by atoms with Crippen molar-refractivity contribution in [1.29, 1.82) is 0 Å². The van der Waals surface area contributed by atoms with Crippen molar-refractivity contribution in [2.24, 2.45) is 0 Å². The molecule has 2 aromatic heterocycles. The third kappa shape index (κ3) is 3.17. The number of carbonyl (C=O) groups is 1. The lowest BCUT2D eigenvalue weighted by atomic mass is 10.2. The van der Waals surface area contributed by atoms with Gasteiger partial charge in [0.05, 0.1) is 10.3 Å². The zero-order valence-electron chi connectivity index (χ0n) is 16.1. The van der Waals surface area contributed by atoms with E-state index < -0.39 is 0 Å². The Morgan fingerprint density at radius 1 is 1.24 bits per heavy atom. The van der Waals surface area contributed by atoms with Crippen LogP contribution in [0.5, 0.6) is 11.5 Å². The number of amides is 1. The standard InChI is InChI=1S/C21H21N3O4S/c1-12-17-20(23-16-5-3-2-4-8-24(16)21(17)26)29-18(12)19(25)22-10-13-6-7-14-15(9-13)28-11-27-14/h6-7,9H,2-5,8,10-11H2,1H3,(H,22,25). The van der Waals surface area contributed by atoms with Gasteiger partial charge < -0.3 is 14.8 Å². The van der Waals surface area contributed by atoms with Crippen LogP contribution in [0.4, 0.5) is 0 Å². The van der Waals surface area contributed by atoms with Crippen LogP contribution in [0.15, 0.2) is 23.0 Å². The van der Waals surface area contributed by atoms with Crippen LogP contribution in [0.1, 0.15) is 45.9 Å². The Hall–Kier alpha value is -2.87. The Bertz CT molecular complexity index is 1180. The predicted octanol–water partition coefficient (Wildman–Crippen LogP) is 3.15. The van der Waals surface area contributed by atoms with Crippen LogP contribution >= 0.6 is 11.3 Å². The number of fused-ring (bicyclic) bond motifs is 3. The van der Waals surface area contributed by atoms with Crippen molar-refractivity contribution < 1.29 is 14.3 Å². The molecule has 1 amide bonds. The second-order valence-corrected chi connectivity index (χ2v) is 8.40. The van der Waals surface area contributed by atoms with E-state index in [0.717, 1.165) is 37.1 Å². The molecule has 1 aromatic carbocycles. The van der Waals surface area contributed by atoms with Crippen LogP contribution in [0, 0.1) is 6.92 Å². The largest absolute Gasteiger partial charge is 0.454 e. The normalized spacial score (nSPS) is 15.2. The molecule has 0 saturated carbocycles. The van der Waals surface area contributed by atoms with E-state index in [2.05, 4.69) is 5.32 Å². The summed E-state index contributed by atoms with van der Waals surface area (Å²) in [4.78, 5) is 31.8. The highest BCUT2D eigenvalue weighted by molar-refractivity contribution is 7.20. The molecule has 2 aliphatic rings. The Morgan fingerprint density at radius 3 is 3.00 bits per heavy atom. The van der Waals surface area contributed by atoms with E-state index in [0.29, 0.717) is 45.2 Å². The summed E-state index contributed by atoms with van der Waals surface area (Å²) in [7, 11) is 0. The first-order valence-electron chi connectivity index (χ1n) is 9.81. The first kappa shape index (κ1) is 18.2. The fourth-order valence-corrected chi connectivity index (χ4v) is 5.05. The highest BCUT2D eigenvalue weighted by Gasteiger charge is 2.22. The molecule has 29 heavy (non-hydrogen) atoms. The number of ether oxygens (including phenoxy) is 2. The van der Waals surface area contributed by atoms with Crippen LogP contribution in [0.2, 0.25) is 0 Å². The maximum absolute atomic E-state index is 13.0. The van der Waals surface area contributed by atoms with Crippen molar-refractivity contribution in [3.05, 3.63) is 50.4 Å². The molecule has 0 radical (unpaired) electrons. The van der Waals surface area contributed by atoms with Gasteiger partial charge in [0.1, 0.15) is 10.7 Å². The molecule has 0 atom stereocenters. The molecule has 0 fully saturated rings. The Kier molecular flexibility index (Phi) is 4.50. The number of rotatable bonds is 3. The number of aryl methyl sites for hydroxylation is 2. The maximum atomic E-state index is 13.0. The molecule has 150 valence electrons. The predicted molar refractivity (Wildman–Crippen MR) is 110 cm³/mol. The van der Waals surface area contributed by atoms with Gasteiger partial charge in [0.2, 0.25) is 6.79 Å². The van der Waals surface area contributed by atoms with Gasteiger partial charge in [-0.3, -0.25) is 14.2 Å². The molecule has 0 bridgehead atoms. The quantitative estimate of drug-likeness (QED) is 0.716. The second kappa shape index (κ2) is 7.18. The van der Waals surface area contributed by atoms with Gasteiger partial charge in [-0.05, 0) is 43.0 Å². The summed E-state index contributed by atoms with van der Waals surface area (Å²) in [6, 6.07) is 5.61. The van der Waals surface area contributed by atoms with E-state index >= 15 is 0 Å². The number of benzene rings is 1. The SMILES string of the molecule is Cc1c(C(=O)NCc2ccc3c(c2)OCO3)sc2nc3n(c(=O)c12)CCCCC3. The van der Waals surface area contributed by atoms with Gasteiger partial charge in [-0.15, -0.1) is 11.3 Å². The van der Waals surface area contributed by atoms with Gasteiger partial charge in [-0.1, -0.05) is 12.5 Å². The van der Waals surface area contributed by atoms with Crippen molar-refractivity contribution in [3.8, 4) is 11.5 Å². The zero-order chi connectivity index (χ0) is 20.0. The lowest BCUT2D eigenvalue weighted by Crippen LogP contribution is -2.25. The van der Waals surface area contributed by atoms with Crippen molar-refractivity contribution in [1.82, 2.24) is 14.9 Å². The zero-order valence-corrected chi connectivity index (χ0v) is 16.9. The van der Waals surface area contributed by atoms with Crippen molar-refractivity contribution in [2.45, 2.75) is 45.7 Å². The van der Waals surface area contributed by atoms with E-state index in [1.54, 1.807) is 4.57 Å². The van der Waals surface area contributed by atoms with E-state index in [1.165, 1.54) is 11.3 Å². The molecule has 0 unspecified atom stereocenters. The van der Waals surface area contributed by atoms with Gasteiger partial charge in [0, 0.05) is 19.5 Å². The Labute approximate surface area is 171 Å². The van der Waals surface area contributed by atoms with E-state index in [4.69, 9.17) is 14.5 Å². The molecular weight excluding hydrogens is 390 g/mol. The van der Waals surface area contributed by atoms with Crippen LogP contribution in [-0.4, -0.2) is 22.3 Å². The molecule has 5 rings (SSSR count). The summed E-state index contributed by atoms with van der Waals surface area (Å²) in [5, 5.41) is 3.52. The first-order valence-corrected chi connectivity index (χ1v) is 10.6. The van der Waals surface area contributed by atoms with E-state index in [-0.39, 0.29) is 18.3 Å². The molecular formula is C21H21N3O4S. The molecule has 0 saturated heterocycles. The average Bonchev–Trinajstić information content (AvgIpc) is 3.23. The Morgan fingerprint density at radius 2 is 2.10 bits per heavy atom. The smallest absolute Gasteiger partial charge is 0.262 e. The topological polar surface area (TPSA) is 82.4 Å². The molecule has 0 spiro atoms. The number of carbonyl (C=O) groups excluding carboxylic acids is 1. The van der Waals surface area contributed by atoms with Gasteiger partial charge in [-0.25, -0.2) is 4.98 Å². The number of thiophene rings is 1. The lowest BCUT2D eigenvalue weighted by Gasteiger charge is -2.08. The summed E-state index contributed by atoms with van der Waals surface area (Å²) in [6.07, 6.45) is 3.97. The number of hydrogen-bond acceptors (Lipinski definition) is 6. The van der Waals surface area contributed by atoms with Crippen molar-refractivity contribution in [2.75, 3.05) is 6.79 Å².